The van der Waals surface area contributed by atoms with Gasteiger partial charge in [-0.1, -0.05) is 11.6 Å². The van der Waals surface area contributed by atoms with Crippen molar-refractivity contribution in [2.45, 2.75) is 19.4 Å². The topological polar surface area (TPSA) is 54.5 Å². The van der Waals surface area contributed by atoms with Gasteiger partial charge in [-0.3, -0.25) is 0 Å². The molecular formula is C16H12ClFN4. The first-order valence-corrected chi connectivity index (χ1v) is 7.21. The standard InChI is InChI=1S/C16H12ClFN4/c17-12-9-14-16(20-10-12)22(8-2-1-7-19)15(21-14)11-3-5-13(18)6-4-11/h3-6,9-10H,1-2,8H2. The maximum Gasteiger partial charge on any atom is 0.160 e. The van der Waals surface area contributed by atoms with Gasteiger partial charge in [-0.05, 0) is 36.8 Å². The van der Waals surface area contributed by atoms with Crippen LogP contribution < -0.4 is 0 Å². The Morgan fingerprint density at radius 1 is 1.27 bits per heavy atom. The summed E-state index contributed by atoms with van der Waals surface area (Å²) in [5.74, 6) is 0.403. The van der Waals surface area contributed by atoms with Crippen LogP contribution in [-0.4, -0.2) is 14.5 Å². The molecule has 0 aliphatic carbocycles. The lowest BCUT2D eigenvalue weighted by Crippen LogP contribution is -2.01. The van der Waals surface area contributed by atoms with E-state index in [1.807, 2.05) is 4.57 Å². The fraction of sp³-hybridized carbons (Fsp3) is 0.188. The number of hydrogen-bond donors (Lipinski definition) is 0. The highest BCUT2D eigenvalue weighted by Gasteiger charge is 2.14. The Morgan fingerprint density at radius 3 is 2.77 bits per heavy atom. The molecule has 0 saturated carbocycles. The number of nitrogens with zero attached hydrogens (tertiary/aromatic N) is 4. The minimum Gasteiger partial charge on any atom is -0.309 e. The van der Waals surface area contributed by atoms with Gasteiger partial charge in [0.05, 0.1) is 11.1 Å². The molecule has 0 amide bonds. The summed E-state index contributed by atoms with van der Waals surface area (Å²) < 4.78 is 15.1. The second-order valence-corrected chi connectivity index (χ2v) is 5.29. The van der Waals surface area contributed by atoms with Crippen molar-refractivity contribution in [3.8, 4) is 17.5 Å². The molecule has 0 radical (unpaired) electrons. The summed E-state index contributed by atoms with van der Waals surface area (Å²) in [4.78, 5) is 8.90. The molecule has 0 atom stereocenters. The van der Waals surface area contributed by atoms with Gasteiger partial charge in [-0.2, -0.15) is 5.26 Å². The maximum absolute atomic E-state index is 13.1. The molecule has 0 fully saturated rings. The molecule has 2 aromatic heterocycles. The SMILES string of the molecule is N#CCCCn1c(-c2ccc(F)cc2)nc2cc(Cl)cnc21. The van der Waals surface area contributed by atoms with E-state index in [9.17, 15) is 4.39 Å². The molecule has 0 aliphatic heterocycles. The Kier molecular flexibility index (Phi) is 4.03. The quantitative estimate of drug-likeness (QED) is 0.678. The first kappa shape index (κ1) is 14.5. The van der Waals surface area contributed by atoms with Crippen LogP contribution in [0.25, 0.3) is 22.6 Å². The van der Waals surface area contributed by atoms with Gasteiger partial charge < -0.3 is 4.57 Å². The van der Waals surface area contributed by atoms with E-state index in [-0.39, 0.29) is 5.82 Å². The van der Waals surface area contributed by atoms with E-state index < -0.39 is 0 Å². The van der Waals surface area contributed by atoms with Crippen LogP contribution in [0.15, 0.2) is 36.5 Å². The molecule has 0 N–H and O–H groups in total. The van der Waals surface area contributed by atoms with Crippen molar-refractivity contribution in [2.24, 2.45) is 0 Å². The molecule has 0 bridgehead atoms. The Balaban J connectivity index is 2.12. The predicted octanol–water partition coefficient (Wildman–Crippen LogP) is 4.19. The van der Waals surface area contributed by atoms with Crippen molar-refractivity contribution in [2.75, 3.05) is 0 Å². The third-order valence-electron chi connectivity index (χ3n) is 3.32. The number of benzene rings is 1. The smallest absolute Gasteiger partial charge is 0.160 e. The fourth-order valence-electron chi connectivity index (χ4n) is 2.33. The molecule has 4 nitrogen and oxygen atoms in total. The van der Waals surface area contributed by atoms with Gasteiger partial charge in [0.15, 0.2) is 5.65 Å². The molecule has 110 valence electrons. The van der Waals surface area contributed by atoms with E-state index >= 15 is 0 Å². The number of rotatable bonds is 4. The lowest BCUT2D eigenvalue weighted by atomic mass is 10.2. The summed E-state index contributed by atoms with van der Waals surface area (Å²) in [6.07, 6.45) is 2.72. The van der Waals surface area contributed by atoms with Crippen LogP contribution in [0.1, 0.15) is 12.8 Å². The Bertz CT molecular complexity index is 849. The molecule has 0 aliphatic rings. The number of imidazole rings is 1. The Hall–Kier alpha value is -2.45. The van der Waals surface area contributed by atoms with E-state index in [2.05, 4.69) is 16.0 Å². The molecule has 3 rings (SSSR count). The minimum absolute atomic E-state index is 0.294. The lowest BCUT2D eigenvalue weighted by Gasteiger charge is -2.07. The Morgan fingerprint density at radius 2 is 2.05 bits per heavy atom. The summed E-state index contributed by atoms with van der Waals surface area (Å²) in [5, 5.41) is 9.23. The lowest BCUT2D eigenvalue weighted by molar-refractivity contribution is 0.627. The normalized spacial score (nSPS) is 10.8. The highest BCUT2D eigenvalue weighted by molar-refractivity contribution is 6.31. The number of halogens is 2. The largest absolute Gasteiger partial charge is 0.309 e. The third-order valence-corrected chi connectivity index (χ3v) is 3.53. The second-order valence-electron chi connectivity index (χ2n) is 4.85. The zero-order chi connectivity index (χ0) is 15.5. The van der Waals surface area contributed by atoms with Crippen molar-refractivity contribution in [1.82, 2.24) is 14.5 Å². The summed E-state index contributed by atoms with van der Waals surface area (Å²) >= 11 is 5.97. The fourth-order valence-corrected chi connectivity index (χ4v) is 2.49. The summed E-state index contributed by atoms with van der Waals surface area (Å²) in [6.45, 7) is 0.616. The molecular weight excluding hydrogens is 303 g/mol. The summed E-state index contributed by atoms with van der Waals surface area (Å²) in [7, 11) is 0. The molecule has 3 aromatic rings. The van der Waals surface area contributed by atoms with E-state index in [1.165, 1.54) is 12.1 Å². The van der Waals surface area contributed by atoms with E-state index in [0.717, 1.165) is 5.56 Å². The first-order valence-electron chi connectivity index (χ1n) is 6.83. The van der Waals surface area contributed by atoms with E-state index in [1.54, 1.807) is 24.4 Å². The molecule has 0 unspecified atom stereocenters. The van der Waals surface area contributed by atoms with Gasteiger partial charge in [0, 0.05) is 24.7 Å². The van der Waals surface area contributed by atoms with Crippen LogP contribution in [0.4, 0.5) is 4.39 Å². The molecule has 1 aromatic carbocycles. The van der Waals surface area contributed by atoms with Crippen molar-refractivity contribution in [1.29, 1.82) is 5.26 Å². The number of hydrogen-bond acceptors (Lipinski definition) is 3. The van der Waals surface area contributed by atoms with Crippen LogP contribution in [0.2, 0.25) is 5.02 Å². The zero-order valence-electron chi connectivity index (χ0n) is 11.6. The number of unbranched alkanes of at least 4 members (excludes halogenated alkanes) is 1. The predicted molar refractivity (Wildman–Crippen MR) is 82.8 cm³/mol. The third kappa shape index (κ3) is 2.78. The second kappa shape index (κ2) is 6.12. The highest BCUT2D eigenvalue weighted by atomic mass is 35.5. The molecule has 2 heterocycles. The van der Waals surface area contributed by atoms with Gasteiger partial charge in [-0.25, -0.2) is 14.4 Å². The molecule has 22 heavy (non-hydrogen) atoms. The summed E-state index contributed by atoms with van der Waals surface area (Å²) in [5.41, 5.74) is 2.19. The van der Waals surface area contributed by atoms with Crippen LogP contribution in [-0.2, 0) is 6.54 Å². The van der Waals surface area contributed by atoms with Gasteiger partial charge in [-0.15, -0.1) is 0 Å². The molecule has 0 spiro atoms. The first-order chi connectivity index (χ1) is 10.7. The average Bonchev–Trinajstić information content (AvgIpc) is 2.86. The van der Waals surface area contributed by atoms with Gasteiger partial charge in [0.25, 0.3) is 0 Å². The van der Waals surface area contributed by atoms with Crippen molar-refractivity contribution in [3.05, 3.63) is 47.4 Å². The Labute approximate surface area is 131 Å². The van der Waals surface area contributed by atoms with Crippen LogP contribution in [0.5, 0.6) is 0 Å². The van der Waals surface area contributed by atoms with Crippen molar-refractivity contribution < 1.29 is 4.39 Å². The minimum atomic E-state index is -0.294. The summed E-state index contributed by atoms with van der Waals surface area (Å²) in [6, 6.07) is 10.0. The van der Waals surface area contributed by atoms with E-state index in [0.29, 0.717) is 41.4 Å². The average molecular weight is 315 g/mol. The number of aryl methyl sites for hydroxylation is 1. The zero-order valence-corrected chi connectivity index (χ0v) is 12.4. The maximum atomic E-state index is 13.1. The van der Waals surface area contributed by atoms with Gasteiger partial charge in [0.2, 0.25) is 0 Å². The van der Waals surface area contributed by atoms with Crippen LogP contribution in [0, 0.1) is 17.1 Å². The number of nitriles is 1. The van der Waals surface area contributed by atoms with Crippen LogP contribution in [0.3, 0.4) is 0 Å². The molecule has 0 saturated heterocycles. The van der Waals surface area contributed by atoms with Gasteiger partial charge >= 0.3 is 0 Å². The number of pyridine rings is 1. The van der Waals surface area contributed by atoms with Crippen LogP contribution >= 0.6 is 11.6 Å². The number of fused-ring (bicyclic) bond motifs is 1. The monoisotopic (exact) mass is 314 g/mol. The highest BCUT2D eigenvalue weighted by Crippen LogP contribution is 2.26. The van der Waals surface area contributed by atoms with Crippen molar-refractivity contribution in [3.63, 3.8) is 0 Å². The van der Waals surface area contributed by atoms with E-state index in [4.69, 9.17) is 16.9 Å². The number of aromatic nitrogens is 3. The molecule has 6 heteroatoms. The van der Waals surface area contributed by atoms with Gasteiger partial charge in [0.1, 0.15) is 17.2 Å². The van der Waals surface area contributed by atoms with Crippen molar-refractivity contribution >= 4 is 22.8 Å².